The first-order valence-corrected chi connectivity index (χ1v) is 10.3. The number of cyclic esters (lactones) is 1. The lowest BCUT2D eigenvalue weighted by molar-refractivity contribution is -0.142. The van der Waals surface area contributed by atoms with Gasteiger partial charge in [0.25, 0.3) is 0 Å². The maximum absolute atomic E-state index is 13.0. The van der Waals surface area contributed by atoms with Crippen molar-refractivity contribution in [2.75, 3.05) is 6.61 Å². The highest BCUT2D eigenvalue weighted by Gasteiger charge is 2.45. The molecule has 0 radical (unpaired) electrons. The van der Waals surface area contributed by atoms with Crippen molar-refractivity contribution in [1.29, 1.82) is 0 Å². The second-order valence-electron chi connectivity index (χ2n) is 8.16. The summed E-state index contributed by atoms with van der Waals surface area (Å²) in [5, 5.41) is 0. The highest BCUT2D eigenvalue weighted by molar-refractivity contribution is 5.84. The molecule has 2 atom stereocenters. The second kappa shape index (κ2) is 7.90. The molecule has 2 aliphatic rings. The Morgan fingerprint density at radius 2 is 1.66 bits per heavy atom. The first kappa shape index (κ1) is 19.5. The molecule has 0 spiro atoms. The fourth-order valence-corrected chi connectivity index (χ4v) is 4.43. The first-order valence-electron chi connectivity index (χ1n) is 10.3. The summed E-state index contributed by atoms with van der Waals surface area (Å²) in [6.45, 7) is 6.20. The Hall–Kier alpha value is -2.82. The van der Waals surface area contributed by atoms with Gasteiger partial charge in [-0.25, -0.2) is 9.59 Å². The zero-order chi connectivity index (χ0) is 20.5. The van der Waals surface area contributed by atoms with Crippen molar-refractivity contribution in [2.45, 2.75) is 51.8 Å². The Kier molecular flexibility index (Phi) is 5.31. The van der Waals surface area contributed by atoms with Gasteiger partial charge in [0.15, 0.2) is 6.23 Å². The van der Waals surface area contributed by atoms with Crippen LogP contribution in [0.3, 0.4) is 0 Å². The molecular weight excluding hydrogens is 366 g/mol. The van der Waals surface area contributed by atoms with Crippen molar-refractivity contribution in [3.8, 4) is 11.1 Å². The molecule has 5 heteroatoms. The Labute approximate surface area is 171 Å². The normalized spacial score (nSPS) is 20.6. The third-order valence-corrected chi connectivity index (χ3v) is 5.76. The van der Waals surface area contributed by atoms with E-state index in [1.807, 2.05) is 45.0 Å². The summed E-state index contributed by atoms with van der Waals surface area (Å²) in [5.74, 6) is -0.0692. The van der Waals surface area contributed by atoms with Crippen LogP contribution in [0, 0.1) is 5.92 Å². The van der Waals surface area contributed by atoms with E-state index in [4.69, 9.17) is 9.47 Å². The maximum Gasteiger partial charge on any atom is 0.413 e. The molecule has 4 rings (SSSR count). The van der Waals surface area contributed by atoms with Crippen LogP contribution in [0.1, 0.15) is 50.7 Å². The van der Waals surface area contributed by atoms with Gasteiger partial charge >= 0.3 is 12.1 Å². The van der Waals surface area contributed by atoms with E-state index < -0.39 is 18.4 Å². The number of carbonyl (C=O) groups is 2. The lowest BCUT2D eigenvalue weighted by Gasteiger charge is -2.26. The van der Waals surface area contributed by atoms with Crippen LogP contribution in [0.25, 0.3) is 11.1 Å². The topological polar surface area (TPSA) is 55.8 Å². The van der Waals surface area contributed by atoms with E-state index in [2.05, 4.69) is 24.3 Å². The van der Waals surface area contributed by atoms with Gasteiger partial charge in [-0.1, -0.05) is 69.3 Å². The van der Waals surface area contributed by atoms with E-state index in [0.717, 1.165) is 0 Å². The van der Waals surface area contributed by atoms with Gasteiger partial charge in [-0.15, -0.1) is 0 Å². The van der Waals surface area contributed by atoms with E-state index in [0.29, 0.717) is 12.8 Å². The van der Waals surface area contributed by atoms with Gasteiger partial charge in [-0.3, -0.25) is 4.90 Å². The Morgan fingerprint density at radius 1 is 1.07 bits per heavy atom. The highest BCUT2D eigenvalue weighted by Crippen LogP contribution is 2.44. The standard InChI is InChI=1S/C24H27NO4/c1-4-22-25(21(13-15(2)3)23(26)29-22)24(27)28-14-20-18-11-7-5-9-16(18)17-10-6-8-12-19(17)20/h5-12,15,20-22H,4,13-14H2,1-3H3. The van der Waals surface area contributed by atoms with Crippen LogP contribution in [0.15, 0.2) is 48.5 Å². The number of hydrogen-bond donors (Lipinski definition) is 0. The number of ether oxygens (including phenoxy) is 2. The van der Waals surface area contributed by atoms with Crippen LogP contribution in [0.2, 0.25) is 0 Å². The highest BCUT2D eigenvalue weighted by atomic mass is 16.6. The summed E-state index contributed by atoms with van der Waals surface area (Å²) in [6.07, 6.45) is 0.0847. The molecule has 0 aromatic heterocycles. The van der Waals surface area contributed by atoms with Gasteiger partial charge in [0.2, 0.25) is 0 Å². The van der Waals surface area contributed by atoms with Gasteiger partial charge in [0, 0.05) is 12.3 Å². The van der Waals surface area contributed by atoms with Gasteiger partial charge in [-0.05, 0) is 34.6 Å². The van der Waals surface area contributed by atoms with Crippen molar-refractivity contribution in [3.05, 3.63) is 59.7 Å². The molecule has 1 aliphatic carbocycles. The van der Waals surface area contributed by atoms with Gasteiger partial charge in [-0.2, -0.15) is 0 Å². The molecule has 2 aromatic rings. The summed E-state index contributed by atoms with van der Waals surface area (Å²) < 4.78 is 11.2. The molecule has 152 valence electrons. The Morgan fingerprint density at radius 3 is 2.21 bits per heavy atom. The molecule has 0 bridgehead atoms. The predicted molar refractivity (Wildman–Crippen MR) is 110 cm³/mol. The lowest BCUT2D eigenvalue weighted by Crippen LogP contribution is -2.43. The number of rotatable bonds is 5. The average molecular weight is 393 g/mol. The first-order chi connectivity index (χ1) is 14.0. The maximum atomic E-state index is 13.0. The van der Waals surface area contributed by atoms with Crippen LogP contribution in [-0.2, 0) is 14.3 Å². The molecule has 0 saturated carbocycles. The van der Waals surface area contributed by atoms with Gasteiger partial charge < -0.3 is 9.47 Å². The number of fused-ring (bicyclic) bond motifs is 3. The molecule has 1 fully saturated rings. The number of carbonyl (C=O) groups excluding carboxylic acids is 2. The molecule has 1 saturated heterocycles. The summed E-state index contributed by atoms with van der Waals surface area (Å²) in [5.41, 5.74) is 4.71. The molecule has 2 unspecified atom stereocenters. The van der Waals surface area contributed by atoms with Crippen LogP contribution >= 0.6 is 0 Å². The quantitative estimate of drug-likeness (QED) is 0.675. The van der Waals surface area contributed by atoms with Crippen LogP contribution in [0.5, 0.6) is 0 Å². The monoisotopic (exact) mass is 393 g/mol. The van der Waals surface area contributed by atoms with E-state index in [1.165, 1.54) is 27.2 Å². The third-order valence-electron chi connectivity index (χ3n) is 5.76. The second-order valence-corrected chi connectivity index (χ2v) is 8.16. The summed E-state index contributed by atoms with van der Waals surface area (Å²) in [6, 6.07) is 15.9. The molecule has 29 heavy (non-hydrogen) atoms. The van der Waals surface area contributed by atoms with Crippen molar-refractivity contribution >= 4 is 12.1 Å². The minimum atomic E-state index is -0.574. The van der Waals surface area contributed by atoms with Crippen molar-refractivity contribution in [2.24, 2.45) is 5.92 Å². The zero-order valence-corrected chi connectivity index (χ0v) is 17.1. The Bertz CT molecular complexity index is 877. The number of hydrogen-bond acceptors (Lipinski definition) is 4. The predicted octanol–water partition coefficient (Wildman–Crippen LogP) is 4.95. The van der Waals surface area contributed by atoms with Gasteiger partial charge in [0.1, 0.15) is 12.6 Å². The molecule has 0 N–H and O–H groups in total. The van der Waals surface area contributed by atoms with Crippen molar-refractivity contribution in [3.63, 3.8) is 0 Å². The van der Waals surface area contributed by atoms with Crippen molar-refractivity contribution in [1.82, 2.24) is 4.90 Å². The lowest BCUT2D eigenvalue weighted by atomic mass is 9.98. The number of nitrogens with zero attached hydrogens (tertiary/aromatic N) is 1. The van der Waals surface area contributed by atoms with Crippen LogP contribution < -0.4 is 0 Å². The largest absolute Gasteiger partial charge is 0.448 e. The minimum absolute atomic E-state index is 0.00537. The summed E-state index contributed by atoms with van der Waals surface area (Å²) >= 11 is 0. The molecule has 2 aromatic carbocycles. The van der Waals surface area contributed by atoms with E-state index in [1.54, 1.807) is 0 Å². The van der Waals surface area contributed by atoms with Gasteiger partial charge in [0.05, 0.1) is 0 Å². The molecule has 5 nitrogen and oxygen atoms in total. The molecule has 1 amide bonds. The Balaban J connectivity index is 1.54. The summed E-state index contributed by atoms with van der Waals surface area (Å²) in [4.78, 5) is 26.8. The minimum Gasteiger partial charge on any atom is -0.448 e. The van der Waals surface area contributed by atoms with E-state index in [9.17, 15) is 9.59 Å². The molecule has 1 aliphatic heterocycles. The van der Waals surface area contributed by atoms with E-state index in [-0.39, 0.29) is 24.4 Å². The fourth-order valence-electron chi connectivity index (χ4n) is 4.43. The smallest absolute Gasteiger partial charge is 0.413 e. The van der Waals surface area contributed by atoms with Crippen LogP contribution in [0.4, 0.5) is 4.79 Å². The molecule has 1 heterocycles. The third kappa shape index (κ3) is 3.50. The zero-order valence-electron chi connectivity index (χ0n) is 17.1. The van der Waals surface area contributed by atoms with E-state index >= 15 is 0 Å². The average Bonchev–Trinajstić information content (AvgIpc) is 3.21. The fraction of sp³-hybridized carbons (Fsp3) is 0.417. The van der Waals surface area contributed by atoms with Crippen molar-refractivity contribution < 1.29 is 19.1 Å². The summed E-state index contributed by atoms with van der Waals surface area (Å²) in [7, 11) is 0. The SMILES string of the molecule is CCC1OC(=O)C(CC(C)C)N1C(=O)OCC1c2ccccc2-c2ccccc21. The number of esters is 1. The number of amides is 1. The number of benzene rings is 2. The van der Waals surface area contributed by atoms with Crippen LogP contribution in [-0.4, -0.2) is 35.8 Å². The molecular formula is C24H27NO4.